The number of nitrogens with zero attached hydrogens (tertiary/aromatic N) is 3. The minimum absolute atomic E-state index is 0.0490. The zero-order valence-corrected chi connectivity index (χ0v) is 12.9. The Labute approximate surface area is 127 Å². The van der Waals surface area contributed by atoms with Crippen LogP contribution in [0, 0.1) is 0 Å². The average Bonchev–Trinajstić information content (AvgIpc) is 2.53. The number of piperidine rings is 1. The average molecular weight is 290 g/mol. The van der Waals surface area contributed by atoms with Gasteiger partial charge in [0.2, 0.25) is 0 Å². The molecule has 1 aliphatic rings. The van der Waals surface area contributed by atoms with E-state index in [0.29, 0.717) is 6.04 Å². The van der Waals surface area contributed by atoms with Crippen LogP contribution in [0.5, 0.6) is 0 Å². The van der Waals surface area contributed by atoms with Crippen LogP contribution < -0.4 is 5.73 Å². The van der Waals surface area contributed by atoms with Gasteiger partial charge in [-0.2, -0.15) is 0 Å². The van der Waals surface area contributed by atoms with Gasteiger partial charge in [0.1, 0.15) is 5.84 Å². The van der Waals surface area contributed by atoms with Gasteiger partial charge in [0.05, 0.1) is 5.92 Å². The lowest BCUT2D eigenvalue weighted by Gasteiger charge is -2.36. The Morgan fingerprint density at radius 3 is 2.48 bits per heavy atom. The van der Waals surface area contributed by atoms with Crippen LogP contribution >= 0.6 is 0 Å². The van der Waals surface area contributed by atoms with Crippen LogP contribution in [0.1, 0.15) is 24.3 Å². The molecule has 1 atom stereocenters. The van der Waals surface area contributed by atoms with Crippen LogP contribution in [0.3, 0.4) is 0 Å². The molecule has 0 saturated carbocycles. The quantitative estimate of drug-likeness (QED) is 0.374. The second-order valence-electron chi connectivity index (χ2n) is 5.98. The van der Waals surface area contributed by atoms with Gasteiger partial charge < -0.3 is 20.7 Å². The van der Waals surface area contributed by atoms with Gasteiger partial charge >= 0.3 is 0 Å². The van der Waals surface area contributed by atoms with Crippen molar-refractivity contribution in [1.29, 1.82) is 0 Å². The summed E-state index contributed by atoms with van der Waals surface area (Å²) < 4.78 is 0. The van der Waals surface area contributed by atoms with Gasteiger partial charge in [0, 0.05) is 12.6 Å². The van der Waals surface area contributed by atoms with E-state index < -0.39 is 0 Å². The minimum Gasteiger partial charge on any atom is -0.409 e. The van der Waals surface area contributed by atoms with E-state index in [2.05, 4.69) is 29.1 Å². The summed E-state index contributed by atoms with van der Waals surface area (Å²) >= 11 is 0. The molecule has 1 saturated heterocycles. The number of nitrogens with two attached hydrogens (primary N) is 1. The highest BCUT2D eigenvalue weighted by molar-refractivity contribution is 5.87. The Kier molecular flexibility index (Phi) is 5.59. The van der Waals surface area contributed by atoms with Crippen molar-refractivity contribution in [2.75, 3.05) is 33.7 Å². The predicted molar refractivity (Wildman–Crippen MR) is 85.7 cm³/mol. The molecule has 1 aromatic rings. The van der Waals surface area contributed by atoms with Crippen LogP contribution in [0.4, 0.5) is 0 Å². The van der Waals surface area contributed by atoms with E-state index in [9.17, 15) is 0 Å². The molecule has 0 radical (unpaired) electrons. The van der Waals surface area contributed by atoms with E-state index in [-0.39, 0.29) is 11.8 Å². The molecule has 0 spiro atoms. The number of hydrogen-bond donors (Lipinski definition) is 2. The predicted octanol–water partition coefficient (Wildman–Crippen LogP) is 1.54. The summed E-state index contributed by atoms with van der Waals surface area (Å²) in [6.07, 6.45) is 2.34. The van der Waals surface area contributed by atoms with E-state index in [1.165, 1.54) is 12.8 Å². The first-order valence-electron chi connectivity index (χ1n) is 7.53. The molecule has 1 fully saturated rings. The molecular formula is C16H26N4O. The van der Waals surface area contributed by atoms with E-state index in [4.69, 9.17) is 10.9 Å². The fourth-order valence-electron chi connectivity index (χ4n) is 3.00. The summed E-state index contributed by atoms with van der Waals surface area (Å²) in [6.45, 7) is 2.93. The van der Waals surface area contributed by atoms with E-state index in [1.54, 1.807) is 0 Å². The zero-order valence-electron chi connectivity index (χ0n) is 12.9. The van der Waals surface area contributed by atoms with Crippen molar-refractivity contribution in [3.8, 4) is 0 Å². The molecular weight excluding hydrogens is 264 g/mol. The number of oxime groups is 1. The van der Waals surface area contributed by atoms with Crippen LogP contribution in [-0.4, -0.2) is 60.6 Å². The van der Waals surface area contributed by atoms with Crippen LogP contribution in [-0.2, 0) is 0 Å². The van der Waals surface area contributed by atoms with Crippen molar-refractivity contribution in [3.63, 3.8) is 0 Å². The van der Waals surface area contributed by atoms with Gasteiger partial charge in [-0.3, -0.25) is 0 Å². The Balaban J connectivity index is 2.01. The largest absolute Gasteiger partial charge is 0.409 e. The van der Waals surface area contributed by atoms with Gasteiger partial charge in [-0.1, -0.05) is 35.5 Å². The third-order valence-electron chi connectivity index (χ3n) is 4.40. The monoisotopic (exact) mass is 290 g/mol. The lowest BCUT2D eigenvalue weighted by Crippen LogP contribution is -2.44. The molecule has 5 heteroatoms. The molecule has 1 heterocycles. The van der Waals surface area contributed by atoms with Crippen molar-refractivity contribution < 1.29 is 5.21 Å². The van der Waals surface area contributed by atoms with Crippen LogP contribution in [0.25, 0.3) is 0 Å². The van der Waals surface area contributed by atoms with Crippen LogP contribution in [0.2, 0.25) is 0 Å². The van der Waals surface area contributed by atoms with E-state index >= 15 is 0 Å². The first-order valence-corrected chi connectivity index (χ1v) is 7.53. The summed E-state index contributed by atoms with van der Waals surface area (Å²) in [7, 11) is 4.28. The lowest BCUT2D eigenvalue weighted by molar-refractivity contribution is 0.143. The van der Waals surface area contributed by atoms with Gasteiger partial charge in [-0.25, -0.2) is 0 Å². The molecule has 1 aliphatic heterocycles. The second kappa shape index (κ2) is 7.43. The van der Waals surface area contributed by atoms with Crippen molar-refractivity contribution >= 4 is 5.84 Å². The normalized spacial score (nSPS) is 19.9. The molecule has 21 heavy (non-hydrogen) atoms. The Morgan fingerprint density at radius 1 is 1.33 bits per heavy atom. The SMILES string of the molecule is CN(C)C1CCN(CC(C(N)=NO)c2ccccc2)CC1. The summed E-state index contributed by atoms with van der Waals surface area (Å²) in [6, 6.07) is 10.7. The molecule has 3 N–H and O–H groups in total. The molecule has 2 rings (SSSR count). The third-order valence-corrected chi connectivity index (χ3v) is 4.40. The number of hydrogen-bond acceptors (Lipinski definition) is 4. The molecule has 5 nitrogen and oxygen atoms in total. The highest BCUT2D eigenvalue weighted by atomic mass is 16.4. The summed E-state index contributed by atoms with van der Waals surface area (Å²) in [4.78, 5) is 4.71. The van der Waals surface area contributed by atoms with Gasteiger partial charge in [-0.05, 0) is 45.6 Å². The van der Waals surface area contributed by atoms with Gasteiger partial charge in [-0.15, -0.1) is 0 Å². The fraction of sp³-hybridized carbons (Fsp3) is 0.562. The molecule has 0 amide bonds. The van der Waals surface area contributed by atoms with E-state index in [0.717, 1.165) is 25.2 Å². The zero-order chi connectivity index (χ0) is 15.2. The molecule has 0 aliphatic carbocycles. The number of benzene rings is 1. The van der Waals surface area contributed by atoms with Crippen molar-refractivity contribution in [1.82, 2.24) is 9.80 Å². The minimum atomic E-state index is -0.0490. The summed E-state index contributed by atoms with van der Waals surface area (Å²) in [5.74, 6) is 0.239. The van der Waals surface area contributed by atoms with Crippen molar-refractivity contribution in [2.45, 2.75) is 24.8 Å². The highest BCUT2D eigenvalue weighted by Crippen LogP contribution is 2.21. The Hall–Kier alpha value is -1.59. The third kappa shape index (κ3) is 4.19. The second-order valence-corrected chi connectivity index (χ2v) is 5.98. The standard InChI is InChI=1S/C16H26N4O/c1-19(2)14-8-10-20(11-9-14)12-15(16(17)18-21)13-6-4-3-5-7-13/h3-7,14-15,21H,8-12H2,1-2H3,(H2,17,18). The number of rotatable bonds is 5. The molecule has 0 bridgehead atoms. The maximum absolute atomic E-state index is 9.05. The Bertz CT molecular complexity index is 453. The van der Waals surface area contributed by atoms with Crippen LogP contribution in [0.15, 0.2) is 35.5 Å². The maximum Gasteiger partial charge on any atom is 0.147 e. The summed E-state index contributed by atoms with van der Waals surface area (Å²) in [5.41, 5.74) is 7.01. The van der Waals surface area contributed by atoms with Crippen molar-refractivity contribution in [2.24, 2.45) is 10.9 Å². The summed E-state index contributed by atoms with van der Waals surface area (Å²) in [5, 5.41) is 12.3. The fourth-order valence-corrected chi connectivity index (χ4v) is 3.00. The first-order chi connectivity index (χ1) is 10.1. The molecule has 116 valence electrons. The van der Waals surface area contributed by atoms with Crippen molar-refractivity contribution in [3.05, 3.63) is 35.9 Å². The molecule has 0 aromatic heterocycles. The number of likely N-dealkylation sites (tertiary alicyclic amines) is 1. The smallest absolute Gasteiger partial charge is 0.147 e. The van der Waals surface area contributed by atoms with Gasteiger partial charge in [0.15, 0.2) is 0 Å². The highest BCUT2D eigenvalue weighted by Gasteiger charge is 2.25. The lowest BCUT2D eigenvalue weighted by atomic mass is 9.95. The number of amidine groups is 1. The molecule has 1 aromatic carbocycles. The maximum atomic E-state index is 9.05. The Morgan fingerprint density at radius 2 is 1.95 bits per heavy atom. The topological polar surface area (TPSA) is 65.1 Å². The molecule has 1 unspecified atom stereocenters. The van der Waals surface area contributed by atoms with E-state index in [1.807, 2.05) is 30.3 Å². The first kappa shape index (κ1) is 15.8. The van der Waals surface area contributed by atoms with Gasteiger partial charge in [0.25, 0.3) is 0 Å².